The van der Waals surface area contributed by atoms with E-state index in [0.717, 1.165) is 18.4 Å². The molecule has 4 N–H and O–H groups in total. The van der Waals surface area contributed by atoms with Crippen LogP contribution in [0.25, 0.3) is 0 Å². The second-order valence-corrected chi connectivity index (χ2v) is 4.26. The molecule has 0 spiro atoms. The first-order chi connectivity index (χ1) is 8.04. The summed E-state index contributed by atoms with van der Waals surface area (Å²) in [5.41, 5.74) is 7.14. The zero-order valence-electron chi connectivity index (χ0n) is 10.4. The number of anilines is 1. The van der Waals surface area contributed by atoms with E-state index < -0.39 is 6.04 Å². The Morgan fingerprint density at radius 2 is 2.24 bits per heavy atom. The van der Waals surface area contributed by atoms with Gasteiger partial charge in [-0.3, -0.25) is 4.79 Å². The maximum atomic E-state index is 11.7. The first-order valence-electron chi connectivity index (χ1n) is 5.90. The van der Waals surface area contributed by atoms with Gasteiger partial charge in [-0.1, -0.05) is 25.8 Å². The number of aromatic hydroxyl groups is 1. The van der Waals surface area contributed by atoms with Gasteiger partial charge in [0.15, 0.2) is 0 Å². The molecule has 94 valence electrons. The second kappa shape index (κ2) is 6.25. The molecule has 1 rings (SSSR count). The van der Waals surface area contributed by atoms with Gasteiger partial charge in [0.2, 0.25) is 5.91 Å². The van der Waals surface area contributed by atoms with Crippen LogP contribution < -0.4 is 11.1 Å². The number of aryl methyl sites for hydroxylation is 1. The summed E-state index contributed by atoms with van der Waals surface area (Å²) in [7, 11) is 0. The number of hydrogen-bond donors (Lipinski definition) is 3. The highest BCUT2D eigenvalue weighted by molar-refractivity contribution is 5.95. The molecule has 0 aliphatic rings. The highest BCUT2D eigenvalue weighted by Crippen LogP contribution is 2.23. The van der Waals surface area contributed by atoms with Crippen molar-refractivity contribution in [3.8, 4) is 5.75 Å². The maximum Gasteiger partial charge on any atom is 0.241 e. The largest absolute Gasteiger partial charge is 0.506 e. The van der Waals surface area contributed by atoms with Gasteiger partial charge < -0.3 is 16.2 Å². The average Bonchev–Trinajstić information content (AvgIpc) is 2.30. The van der Waals surface area contributed by atoms with Gasteiger partial charge in [-0.05, 0) is 31.0 Å². The molecule has 0 aliphatic carbocycles. The van der Waals surface area contributed by atoms with Crippen LogP contribution in [-0.2, 0) is 4.79 Å². The first kappa shape index (κ1) is 13.5. The molecule has 1 amide bonds. The summed E-state index contributed by atoms with van der Waals surface area (Å²) in [5.74, 6) is -0.189. The van der Waals surface area contributed by atoms with Crippen molar-refractivity contribution in [2.45, 2.75) is 39.2 Å². The second-order valence-electron chi connectivity index (χ2n) is 4.26. The van der Waals surface area contributed by atoms with E-state index in [9.17, 15) is 9.90 Å². The van der Waals surface area contributed by atoms with Gasteiger partial charge in [0, 0.05) is 0 Å². The fraction of sp³-hybridized carbons (Fsp3) is 0.462. The van der Waals surface area contributed by atoms with Crippen molar-refractivity contribution in [3.63, 3.8) is 0 Å². The van der Waals surface area contributed by atoms with Gasteiger partial charge in [0.05, 0.1) is 11.7 Å². The van der Waals surface area contributed by atoms with Crippen LogP contribution in [0.15, 0.2) is 18.2 Å². The number of benzene rings is 1. The molecule has 1 unspecified atom stereocenters. The van der Waals surface area contributed by atoms with Gasteiger partial charge >= 0.3 is 0 Å². The Balaban J connectivity index is 2.64. The van der Waals surface area contributed by atoms with Crippen LogP contribution in [0.2, 0.25) is 0 Å². The number of nitrogens with two attached hydrogens (primary N) is 1. The third-order valence-electron chi connectivity index (χ3n) is 2.62. The summed E-state index contributed by atoms with van der Waals surface area (Å²) in [6.45, 7) is 3.95. The summed E-state index contributed by atoms with van der Waals surface area (Å²) in [6.07, 6.45) is 2.60. The van der Waals surface area contributed by atoms with Crippen molar-refractivity contribution >= 4 is 11.6 Å². The van der Waals surface area contributed by atoms with Crippen LogP contribution in [-0.4, -0.2) is 17.1 Å². The molecule has 1 aromatic carbocycles. The maximum absolute atomic E-state index is 11.7. The molecule has 4 heteroatoms. The molecule has 1 atom stereocenters. The smallest absolute Gasteiger partial charge is 0.241 e. The topological polar surface area (TPSA) is 75.4 Å². The number of nitrogens with one attached hydrogen (secondary N) is 1. The van der Waals surface area contributed by atoms with Crippen LogP contribution in [0.3, 0.4) is 0 Å². The molecule has 0 aromatic heterocycles. The van der Waals surface area contributed by atoms with Crippen LogP contribution in [0.4, 0.5) is 5.69 Å². The van der Waals surface area contributed by atoms with E-state index in [1.807, 2.05) is 6.92 Å². The summed E-state index contributed by atoms with van der Waals surface area (Å²) in [6, 6.07) is 4.54. The van der Waals surface area contributed by atoms with Crippen molar-refractivity contribution in [3.05, 3.63) is 23.8 Å². The number of unbranched alkanes of at least 4 members (excludes halogenated alkanes) is 1. The van der Waals surface area contributed by atoms with Gasteiger partial charge in [-0.25, -0.2) is 0 Å². The molecular formula is C13H20N2O2. The fourth-order valence-corrected chi connectivity index (χ4v) is 1.53. The van der Waals surface area contributed by atoms with Crippen LogP contribution in [0, 0.1) is 6.92 Å². The highest BCUT2D eigenvalue weighted by atomic mass is 16.3. The van der Waals surface area contributed by atoms with Gasteiger partial charge in [0.1, 0.15) is 5.75 Å². The lowest BCUT2D eigenvalue weighted by Crippen LogP contribution is -2.35. The quantitative estimate of drug-likeness (QED) is 0.686. The Labute approximate surface area is 102 Å². The molecule has 0 bridgehead atoms. The number of phenols is 1. The summed E-state index contributed by atoms with van der Waals surface area (Å²) in [4.78, 5) is 11.7. The van der Waals surface area contributed by atoms with Crippen LogP contribution >= 0.6 is 0 Å². The molecule has 0 heterocycles. The van der Waals surface area contributed by atoms with Crippen molar-refractivity contribution in [2.24, 2.45) is 5.73 Å². The zero-order valence-corrected chi connectivity index (χ0v) is 10.4. The normalized spacial score (nSPS) is 12.2. The van der Waals surface area contributed by atoms with Gasteiger partial charge in [0.25, 0.3) is 0 Å². The minimum Gasteiger partial charge on any atom is -0.506 e. The Morgan fingerprint density at radius 1 is 1.53 bits per heavy atom. The number of carbonyl (C=O) groups is 1. The molecule has 0 saturated carbocycles. The molecule has 0 saturated heterocycles. The fourth-order valence-electron chi connectivity index (χ4n) is 1.53. The molecule has 0 fully saturated rings. The average molecular weight is 236 g/mol. The van der Waals surface area contributed by atoms with Crippen LogP contribution in [0.1, 0.15) is 31.7 Å². The molecular weight excluding hydrogens is 216 g/mol. The third kappa shape index (κ3) is 4.07. The summed E-state index contributed by atoms with van der Waals surface area (Å²) >= 11 is 0. The Kier molecular flexibility index (Phi) is 4.97. The molecule has 0 aliphatic heterocycles. The van der Waals surface area contributed by atoms with E-state index in [1.54, 1.807) is 18.2 Å². The van der Waals surface area contributed by atoms with E-state index in [2.05, 4.69) is 12.2 Å². The summed E-state index contributed by atoms with van der Waals surface area (Å²) in [5, 5.41) is 12.2. The molecule has 4 nitrogen and oxygen atoms in total. The predicted octanol–water partition coefficient (Wildman–Crippen LogP) is 2.16. The minimum absolute atomic E-state index is 0.0617. The van der Waals surface area contributed by atoms with Crippen molar-refractivity contribution in [1.82, 2.24) is 0 Å². The molecule has 1 aromatic rings. The lowest BCUT2D eigenvalue weighted by molar-refractivity contribution is -0.117. The van der Waals surface area contributed by atoms with E-state index in [4.69, 9.17) is 5.73 Å². The monoisotopic (exact) mass is 236 g/mol. The Hall–Kier alpha value is -1.55. The van der Waals surface area contributed by atoms with Crippen LogP contribution in [0.5, 0.6) is 5.75 Å². The lowest BCUT2D eigenvalue weighted by atomic mass is 10.1. The Bertz CT molecular complexity index is 391. The van der Waals surface area contributed by atoms with E-state index in [0.29, 0.717) is 12.1 Å². The number of hydrogen-bond acceptors (Lipinski definition) is 3. The van der Waals surface area contributed by atoms with Crippen molar-refractivity contribution < 1.29 is 9.90 Å². The number of phenolic OH excluding ortho intramolecular Hbond substituents is 1. The number of carbonyl (C=O) groups excluding carboxylic acids is 1. The van der Waals surface area contributed by atoms with E-state index >= 15 is 0 Å². The van der Waals surface area contributed by atoms with Crippen molar-refractivity contribution in [1.29, 1.82) is 0 Å². The SMILES string of the molecule is CCCCC(N)C(=O)Nc1cc(C)ccc1O. The standard InChI is InChI=1S/C13H20N2O2/c1-3-4-5-10(14)13(17)15-11-8-9(2)6-7-12(11)16/h6-8,10,16H,3-5,14H2,1-2H3,(H,15,17). The highest BCUT2D eigenvalue weighted by Gasteiger charge is 2.14. The van der Waals surface area contributed by atoms with E-state index in [-0.39, 0.29) is 11.7 Å². The minimum atomic E-state index is -0.519. The molecule has 0 radical (unpaired) electrons. The summed E-state index contributed by atoms with van der Waals surface area (Å²) < 4.78 is 0. The number of rotatable bonds is 5. The van der Waals surface area contributed by atoms with Gasteiger partial charge in [-0.15, -0.1) is 0 Å². The zero-order chi connectivity index (χ0) is 12.8. The Morgan fingerprint density at radius 3 is 2.88 bits per heavy atom. The number of amides is 1. The predicted molar refractivity (Wildman–Crippen MR) is 69.0 cm³/mol. The first-order valence-corrected chi connectivity index (χ1v) is 5.90. The lowest BCUT2D eigenvalue weighted by Gasteiger charge is -2.13. The molecule has 17 heavy (non-hydrogen) atoms. The third-order valence-corrected chi connectivity index (χ3v) is 2.62. The van der Waals surface area contributed by atoms with E-state index in [1.165, 1.54) is 0 Å². The van der Waals surface area contributed by atoms with Crippen molar-refractivity contribution in [2.75, 3.05) is 5.32 Å². The van der Waals surface area contributed by atoms with Gasteiger partial charge in [-0.2, -0.15) is 0 Å².